The van der Waals surface area contributed by atoms with Gasteiger partial charge in [0.15, 0.2) is 0 Å². The average Bonchev–Trinajstić information content (AvgIpc) is 3.21. The highest BCUT2D eigenvalue weighted by atomic mass is 32.1. The van der Waals surface area contributed by atoms with Gasteiger partial charge in [0.1, 0.15) is 5.01 Å². The fraction of sp³-hybridized carbons (Fsp3) is 0.158. The summed E-state index contributed by atoms with van der Waals surface area (Å²) in [7, 11) is 0. The zero-order valence-corrected chi connectivity index (χ0v) is 15.2. The molecule has 24 heavy (non-hydrogen) atoms. The molecule has 3 nitrogen and oxygen atoms in total. The molecule has 122 valence electrons. The van der Waals surface area contributed by atoms with E-state index in [1.54, 1.807) is 28.7 Å². The summed E-state index contributed by atoms with van der Waals surface area (Å²) in [5.74, 6) is -0.0892. The van der Waals surface area contributed by atoms with E-state index in [1.165, 1.54) is 5.56 Å². The second-order valence-corrected chi connectivity index (χ2v) is 7.47. The molecule has 5 heteroatoms. The molecule has 0 fully saturated rings. The summed E-state index contributed by atoms with van der Waals surface area (Å²) in [6.07, 6.45) is 3.41. The fourth-order valence-electron chi connectivity index (χ4n) is 2.29. The summed E-state index contributed by atoms with van der Waals surface area (Å²) in [4.78, 5) is 18.8. The van der Waals surface area contributed by atoms with E-state index in [1.807, 2.05) is 42.6 Å². The predicted octanol–water partition coefficient (Wildman–Crippen LogP) is 4.82. The standard InChI is InChI=1S/C19H18N2OS2/c1-13-6-3-4-8-16(13)19-21-14(2)17(24-19)12-20-18(22)10-9-15-7-5-11-23-15/h3-11H,12H2,1-2H3,(H,20,22)/b10-9+. The Morgan fingerprint density at radius 3 is 2.79 bits per heavy atom. The number of hydrogen-bond donors (Lipinski definition) is 1. The molecule has 1 N–H and O–H groups in total. The number of carbonyl (C=O) groups is 1. The number of thiazole rings is 1. The van der Waals surface area contributed by atoms with Crippen molar-refractivity contribution in [2.24, 2.45) is 0 Å². The van der Waals surface area contributed by atoms with E-state index in [0.717, 1.165) is 26.0 Å². The maximum Gasteiger partial charge on any atom is 0.244 e. The molecule has 1 aromatic carbocycles. The van der Waals surface area contributed by atoms with Gasteiger partial charge in [0, 0.05) is 21.4 Å². The summed E-state index contributed by atoms with van der Waals surface area (Å²) in [5, 5.41) is 5.93. The number of carbonyl (C=O) groups excluding carboxylic acids is 1. The van der Waals surface area contributed by atoms with Crippen LogP contribution in [0.25, 0.3) is 16.6 Å². The lowest BCUT2D eigenvalue weighted by molar-refractivity contribution is -0.116. The number of amides is 1. The van der Waals surface area contributed by atoms with Crippen LogP contribution in [0.4, 0.5) is 0 Å². The molecule has 0 radical (unpaired) electrons. The Morgan fingerprint density at radius 2 is 2.04 bits per heavy atom. The van der Waals surface area contributed by atoms with Gasteiger partial charge in [-0.2, -0.15) is 0 Å². The largest absolute Gasteiger partial charge is 0.348 e. The van der Waals surface area contributed by atoms with Crippen LogP contribution in [0.5, 0.6) is 0 Å². The summed E-state index contributed by atoms with van der Waals surface area (Å²) in [5.41, 5.74) is 3.34. The summed E-state index contributed by atoms with van der Waals surface area (Å²) < 4.78 is 0. The predicted molar refractivity (Wildman–Crippen MR) is 102 cm³/mol. The zero-order valence-electron chi connectivity index (χ0n) is 13.6. The number of rotatable bonds is 5. The van der Waals surface area contributed by atoms with Crippen molar-refractivity contribution in [2.75, 3.05) is 0 Å². The second-order valence-electron chi connectivity index (χ2n) is 5.41. The van der Waals surface area contributed by atoms with Crippen LogP contribution in [0.15, 0.2) is 47.9 Å². The molecule has 2 aromatic heterocycles. The number of thiophene rings is 1. The van der Waals surface area contributed by atoms with E-state index in [-0.39, 0.29) is 5.91 Å². The number of nitrogens with one attached hydrogen (secondary N) is 1. The maximum absolute atomic E-state index is 11.9. The third-order valence-corrected chi connectivity index (χ3v) is 5.66. The van der Waals surface area contributed by atoms with E-state index >= 15 is 0 Å². The van der Waals surface area contributed by atoms with Crippen LogP contribution in [0.1, 0.15) is 21.0 Å². The van der Waals surface area contributed by atoms with E-state index < -0.39 is 0 Å². The SMILES string of the molecule is Cc1ccccc1-c1nc(C)c(CNC(=O)/C=C/c2cccs2)s1. The molecule has 0 spiro atoms. The molecule has 1 amide bonds. The molecule has 0 bridgehead atoms. The second kappa shape index (κ2) is 7.55. The van der Waals surface area contributed by atoms with E-state index in [0.29, 0.717) is 6.54 Å². The monoisotopic (exact) mass is 354 g/mol. The minimum atomic E-state index is -0.0892. The van der Waals surface area contributed by atoms with E-state index in [4.69, 9.17) is 0 Å². The summed E-state index contributed by atoms with van der Waals surface area (Å²) >= 11 is 3.25. The Bertz CT molecular complexity index is 863. The highest BCUT2D eigenvalue weighted by Crippen LogP contribution is 2.29. The molecular formula is C19H18N2OS2. The van der Waals surface area contributed by atoms with Crippen molar-refractivity contribution in [3.63, 3.8) is 0 Å². The van der Waals surface area contributed by atoms with Gasteiger partial charge < -0.3 is 5.32 Å². The van der Waals surface area contributed by atoms with Crippen molar-refractivity contribution in [1.29, 1.82) is 0 Å². The third kappa shape index (κ3) is 3.99. The first-order chi connectivity index (χ1) is 11.6. The first-order valence-electron chi connectivity index (χ1n) is 7.65. The van der Waals surface area contributed by atoms with Crippen LogP contribution >= 0.6 is 22.7 Å². The average molecular weight is 354 g/mol. The highest BCUT2D eigenvalue weighted by Gasteiger charge is 2.11. The van der Waals surface area contributed by atoms with Gasteiger partial charge in [0.05, 0.1) is 12.2 Å². The molecule has 0 atom stereocenters. The zero-order chi connectivity index (χ0) is 16.9. The molecule has 0 saturated heterocycles. The van der Waals surface area contributed by atoms with Crippen molar-refractivity contribution in [1.82, 2.24) is 10.3 Å². The van der Waals surface area contributed by atoms with Crippen molar-refractivity contribution in [2.45, 2.75) is 20.4 Å². The summed E-state index contributed by atoms with van der Waals surface area (Å²) in [6, 6.07) is 12.2. The van der Waals surface area contributed by atoms with Crippen molar-refractivity contribution in [3.05, 3.63) is 68.9 Å². The first kappa shape index (κ1) is 16.6. The summed E-state index contributed by atoms with van der Waals surface area (Å²) in [6.45, 7) is 4.58. The first-order valence-corrected chi connectivity index (χ1v) is 9.35. The van der Waals surface area contributed by atoms with Crippen LogP contribution < -0.4 is 5.32 Å². The van der Waals surface area contributed by atoms with E-state index in [2.05, 4.69) is 29.4 Å². The van der Waals surface area contributed by atoms with Crippen molar-refractivity contribution < 1.29 is 4.79 Å². The molecule has 3 aromatic rings. The van der Waals surface area contributed by atoms with Gasteiger partial charge in [0.2, 0.25) is 5.91 Å². The third-order valence-electron chi connectivity index (χ3n) is 3.63. The maximum atomic E-state index is 11.9. The number of aryl methyl sites for hydroxylation is 2. The minimum absolute atomic E-state index is 0.0892. The molecule has 3 rings (SSSR count). The van der Waals surface area contributed by atoms with E-state index in [9.17, 15) is 4.79 Å². The lowest BCUT2D eigenvalue weighted by Gasteiger charge is -2.01. The van der Waals surface area contributed by atoms with Crippen LogP contribution in [0, 0.1) is 13.8 Å². The van der Waals surface area contributed by atoms with Gasteiger partial charge in [-0.25, -0.2) is 4.98 Å². The van der Waals surface area contributed by atoms with Gasteiger partial charge in [-0.1, -0.05) is 30.3 Å². The Hall–Kier alpha value is -2.24. The molecule has 0 aliphatic heterocycles. The molecule has 2 heterocycles. The Morgan fingerprint density at radius 1 is 1.21 bits per heavy atom. The van der Waals surface area contributed by atoms with Crippen LogP contribution in [0.3, 0.4) is 0 Å². The van der Waals surface area contributed by atoms with Crippen LogP contribution in [-0.2, 0) is 11.3 Å². The van der Waals surface area contributed by atoms with Crippen LogP contribution in [0.2, 0.25) is 0 Å². The molecule has 0 aliphatic carbocycles. The number of hydrogen-bond acceptors (Lipinski definition) is 4. The topological polar surface area (TPSA) is 42.0 Å². The van der Waals surface area contributed by atoms with Gasteiger partial charge in [-0.05, 0) is 36.9 Å². The molecule has 0 saturated carbocycles. The van der Waals surface area contributed by atoms with Crippen molar-refractivity contribution in [3.8, 4) is 10.6 Å². The number of nitrogens with zero attached hydrogens (tertiary/aromatic N) is 1. The smallest absolute Gasteiger partial charge is 0.244 e. The fourth-order valence-corrected chi connectivity index (χ4v) is 4.00. The minimum Gasteiger partial charge on any atom is -0.348 e. The van der Waals surface area contributed by atoms with Gasteiger partial charge >= 0.3 is 0 Å². The van der Waals surface area contributed by atoms with Gasteiger partial charge in [-0.3, -0.25) is 4.79 Å². The molecule has 0 unspecified atom stereocenters. The Labute approximate surface area is 149 Å². The Kier molecular flexibility index (Phi) is 5.23. The lowest BCUT2D eigenvalue weighted by atomic mass is 10.1. The molecular weight excluding hydrogens is 336 g/mol. The van der Waals surface area contributed by atoms with Gasteiger partial charge in [-0.15, -0.1) is 22.7 Å². The Balaban J connectivity index is 1.66. The molecule has 0 aliphatic rings. The quantitative estimate of drug-likeness (QED) is 0.668. The van der Waals surface area contributed by atoms with Gasteiger partial charge in [0.25, 0.3) is 0 Å². The number of aromatic nitrogens is 1. The van der Waals surface area contributed by atoms with Crippen LogP contribution in [-0.4, -0.2) is 10.9 Å². The highest BCUT2D eigenvalue weighted by molar-refractivity contribution is 7.15. The van der Waals surface area contributed by atoms with Crippen molar-refractivity contribution >= 4 is 34.7 Å². The number of benzene rings is 1. The normalized spacial score (nSPS) is 11.1. The lowest BCUT2D eigenvalue weighted by Crippen LogP contribution is -2.19.